The van der Waals surface area contributed by atoms with Crippen molar-refractivity contribution in [3.05, 3.63) is 72.1 Å². The van der Waals surface area contributed by atoms with Gasteiger partial charge in [-0.05, 0) is 36.6 Å². The lowest BCUT2D eigenvalue weighted by Crippen LogP contribution is -2.40. The Morgan fingerprint density at radius 3 is 2.68 bits per heavy atom. The van der Waals surface area contributed by atoms with E-state index >= 15 is 0 Å². The maximum absolute atomic E-state index is 12.7. The molecule has 1 saturated heterocycles. The minimum atomic E-state index is -0.142. The average molecular weight is 460 g/mol. The second kappa shape index (κ2) is 9.78. The molecule has 2 amide bonds. The zero-order valence-electron chi connectivity index (χ0n) is 18.6. The van der Waals surface area contributed by atoms with Crippen molar-refractivity contribution in [2.24, 2.45) is 5.92 Å². The highest BCUT2D eigenvalue weighted by atomic mass is 16.7. The van der Waals surface area contributed by atoms with Crippen molar-refractivity contribution in [1.29, 1.82) is 0 Å². The van der Waals surface area contributed by atoms with E-state index < -0.39 is 0 Å². The van der Waals surface area contributed by atoms with Crippen LogP contribution in [-0.4, -0.2) is 51.6 Å². The molecule has 174 valence electrons. The Labute approximate surface area is 197 Å². The van der Waals surface area contributed by atoms with Gasteiger partial charge in [0, 0.05) is 36.8 Å². The number of fused-ring (bicyclic) bond motifs is 1. The van der Waals surface area contributed by atoms with Gasteiger partial charge in [0.2, 0.25) is 18.6 Å². The number of nitrogens with zero attached hydrogens (tertiary/aromatic N) is 4. The van der Waals surface area contributed by atoms with Crippen LogP contribution in [0.5, 0.6) is 11.5 Å². The SMILES string of the molecule is O=C(Nc1ccc2c(c1)OCO2)C1CCN(C(=O)C=Cc2cn(Cc3ccccc3)nn2)CC1. The number of amides is 2. The highest BCUT2D eigenvalue weighted by molar-refractivity contribution is 5.94. The predicted octanol–water partition coefficient (Wildman–Crippen LogP) is 2.95. The number of nitrogens with one attached hydrogen (secondary N) is 1. The number of piperidine rings is 1. The highest BCUT2D eigenvalue weighted by Crippen LogP contribution is 2.34. The molecule has 9 nitrogen and oxygen atoms in total. The Morgan fingerprint density at radius 2 is 1.85 bits per heavy atom. The van der Waals surface area contributed by atoms with Gasteiger partial charge in [-0.15, -0.1) is 5.10 Å². The van der Waals surface area contributed by atoms with Crippen LogP contribution >= 0.6 is 0 Å². The van der Waals surface area contributed by atoms with E-state index in [2.05, 4.69) is 15.6 Å². The lowest BCUT2D eigenvalue weighted by molar-refractivity contribution is -0.130. The van der Waals surface area contributed by atoms with Crippen LogP contribution in [0, 0.1) is 5.92 Å². The third kappa shape index (κ3) is 5.09. The van der Waals surface area contributed by atoms with Crippen LogP contribution in [0.4, 0.5) is 5.69 Å². The quantitative estimate of drug-likeness (QED) is 0.569. The third-order valence-electron chi connectivity index (χ3n) is 5.96. The summed E-state index contributed by atoms with van der Waals surface area (Å²) in [6.07, 6.45) is 6.23. The van der Waals surface area contributed by atoms with Crippen LogP contribution in [0.25, 0.3) is 6.08 Å². The molecule has 2 aromatic carbocycles. The van der Waals surface area contributed by atoms with Crippen LogP contribution in [0.15, 0.2) is 60.8 Å². The summed E-state index contributed by atoms with van der Waals surface area (Å²) in [5.74, 6) is 1.03. The maximum atomic E-state index is 12.7. The second-order valence-corrected chi connectivity index (χ2v) is 8.32. The normalized spacial score (nSPS) is 15.6. The molecule has 1 N–H and O–H groups in total. The first-order chi connectivity index (χ1) is 16.6. The molecule has 0 saturated carbocycles. The number of hydrogen-bond donors (Lipinski definition) is 1. The van der Waals surface area contributed by atoms with Gasteiger partial charge in [-0.2, -0.15) is 0 Å². The van der Waals surface area contributed by atoms with E-state index in [9.17, 15) is 9.59 Å². The van der Waals surface area contributed by atoms with E-state index in [1.54, 1.807) is 33.9 Å². The van der Waals surface area contributed by atoms with Crippen LogP contribution in [0.2, 0.25) is 0 Å². The molecule has 2 aliphatic heterocycles. The van der Waals surface area contributed by atoms with Crippen LogP contribution in [-0.2, 0) is 16.1 Å². The molecule has 3 aromatic rings. The van der Waals surface area contributed by atoms with E-state index in [-0.39, 0.29) is 24.5 Å². The summed E-state index contributed by atoms with van der Waals surface area (Å²) in [5, 5.41) is 11.2. The summed E-state index contributed by atoms with van der Waals surface area (Å²) in [6.45, 7) is 1.88. The molecule has 1 aromatic heterocycles. The second-order valence-electron chi connectivity index (χ2n) is 8.32. The fourth-order valence-electron chi connectivity index (χ4n) is 4.08. The van der Waals surface area contributed by atoms with Crippen molar-refractivity contribution < 1.29 is 19.1 Å². The average Bonchev–Trinajstić information content (AvgIpc) is 3.52. The van der Waals surface area contributed by atoms with Gasteiger partial charge in [-0.25, -0.2) is 4.68 Å². The highest BCUT2D eigenvalue weighted by Gasteiger charge is 2.27. The molecule has 5 rings (SSSR count). The number of carbonyl (C=O) groups is 2. The van der Waals surface area contributed by atoms with Gasteiger partial charge in [0.15, 0.2) is 11.5 Å². The first-order valence-corrected chi connectivity index (χ1v) is 11.3. The Kier molecular flexibility index (Phi) is 6.24. The van der Waals surface area contributed by atoms with Gasteiger partial charge in [0.05, 0.1) is 12.7 Å². The molecule has 0 bridgehead atoms. The van der Waals surface area contributed by atoms with E-state index in [4.69, 9.17) is 9.47 Å². The monoisotopic (exact) mass is 459 g/mol. The molecule has 0 aliphatic carbocycles. The topological polar surface area (TPSA) is 98.6 Å². The van der Waals surface area contributed by atoms with Crippen LogP contribution in [0.3, 0.4) is 0 Å². The standard InChI is InChI=1S/C25H25N5O4/c31-24(9-7-21-16-30(28-27-21)15-18-4-2-1-3-5-18)29-12-10-19(11-13-29)25(32)26-20-6-8-22-23(14-20)34-17-33-22/h1-9,14,16,19H,10-13,15,17H2,(H,26,32). The molecule has 0 radical (unpaired) electrons. The molecule has 2 aliphatic rings. The lowest BCUT2D eigenvalue weighted by Gasteiger charge is -2.30. The van der Waals surface area contributed by atoms with Crippen molar-refractivity contribution in [2.75, 3.05) is 25.2 Å². The summed E-state index contributed by atoms with van der Waals surface area (Å²) >= 11 is 0. The van der Waals surface area contributed by atoms with E-state index in [0.29, 0.717) is 55.4 Å². The van der Waals surface area contributed by atoms with E-state index in [0.717, 1.165) is 5.56 Å². The van der Waals surface area contributed by atoms with Gasteiger partial charge in [0.1, 0.15) is 5.69 Å². The third-order valence-corrected chi connectivity index (χ3v) is 5.96. The lowest BCUT2D eigenvalue weighted by atomic mass is 9.95. The van der Waals surface area contributed by atoms with Gasteiger partial charge >= 0.3 is 0 Å². The Bertz CT molecular complexity index is 1200. The number of rotatable bonds is 6. The molecular weight excluding hydrogens is 434 g/mol. The first-order valence-electron chi connectivity index (χ1n) is 11.3. The van der Waals surface area contributed by atoms with Gasteiger partial charge in [-0.3, -0.25) is 9.59 Å². The Balaban J connectivity index is 1.10. The largest absolute Gasteiger partial charge is 0.454 e. The minimum absolute atomic E-state index is 0.0449. The predicted molar refractivity (Wildman–Crippen MR) is 125 cm³/mol. The minimum Gasteiger partial charge on any atom is -0.454 e. The molecule has 0 unspecified atom stereocenters. The number of hydrogen-bond acceptors (Lipinski definition) is 6. The number of aromatic nitrogens is 3. The van der Waals surface area contributed by atoms with Gasteiger partial charge in [-0.1, -0.05) is 35.5 Å². The molecular formula is C25H25N5O4. The number of carbonyl (C=O) groups excluding carboxylic acids is 2. The summed E-state index contributed by atoms with van der Waals surface area (Å²) in [7, 11) is 0. The van der Waals surface area contributed by atoms with Crippen LogP contribution in [0.1, 0.15) is 24.1 Å². The summed E-state index contributed by atoms with van der Waals surface area (Å²) in [5.41, 5.74) is 2.43. The van der Waals surface area contributed by atoms with Crippen molar-refractivity contribution in [2.45, 2.75) is 19.4 Å². The fourth-order valence-corrected chi connectivity index (χ4v) is 4.08. The number of ether oxygens (including phenoxy) is 2. The van der Waals surface area contributed by atoms with Crippen molar-refractivity contribution in [3.8, 4) is 11.5 Å². The molecule has 0 spiro atoms. The van der Waals surface area contributed by atoms with Crippen molar-refractivity contribution >= 4 is 23.6 Å². The van der Waals surface area contributed by atoms with Crippen LogP contribution < -0.4 is 14.8 Å². The molecule has 0 atom stereocenters. The molecule has 1 fully saturated rings. The van der Waals surface area contributed by atoms with Gasteiger partial charge < -0.3 is 19.7 Å². The zero-order chi connectivity index (χ0) is 23.3. The Hall–Kier alpha value is -4.14. The van der Waals surface area contributed by atoms with Gasteiger partial charge in [0.25, 0.3) is 0 Å². The number of anilines is 1. The molecule has 34 heavy (non-hydrogen) atoms. The zero-order valence-corrected chi connectivity index (χ0v) is 18.6. The molecule has 9 heteroatoms. The van der Waals surface area contributed by atoms with Crippen molar-refractivity contribution in [1.82, 2.24) is 19.9 Å². The Morgan fingerprint density at radius 1 is 1.06 bits per heavy atom. The van der Waals surface area contributed by atoms with Crippen molar-refractivity contribution in [3.63, 3.8) is 0 Å². The summed E-state index contributed by atoms with van der Waals surface area (Å²) in [6, 6.07) is 15.3. The fraction of sp³-hybridized carbons (Fsp3) is 0.280. The van der Waals surface area contributed by atoms with E-state index in [1.807, 2.05) is 36.5 Å². The number of likely N-dealkylation sites (tertiary alicyclic amines) is 1. The molecule has 3 heterocycles. The number of benzene rings is 2. The summed E-state index contributed by atoms with van der Waals surface area (Å²) in [4.78, 5) is 27.0. The smallest absolute Gasteiger partial charge is 0.246 e. The van der Waals surface area contributed by atoms with E-state index in [1.165, 1.54) is 6.08 Å². The first kappa shape index (κ1) is 21.7. The maximum Gasteiger partial charge on any atom is 0.246 e. The summed E-state index contributed by atoms with van der Waals surface area (Å²) < 4.78 is 12.4.